The van der Waals surface area contributed by atoms with E-state index in [2.05, 4.69) is 21.8 Å². The zero-order valence-electron chi connectivity index (χ0n) is 11.7. The molecule has 0 spiro atoms. The average Bonchev–Trinajstić information content (AvgIpc) is 3.06. The molecule has 1 unspecified atom stereocenters. The van der Waals surface area contributed by atoms with E-state index in [-0.39, 0.29) is 36.3 Å². The highest BCUT2D eigenvalue weighted by Crippen LogP contribution is 2.27. The van der Waals surface area contributed by atoms with E-state index < -0.39 is 0 Å². The Kier molecular flexibility index (Phi) is 5.86. The lowest BCUT2D eigenvalue weighted by Gasteiger charge is -2.36. The van der Waals surface area contributed by atoms with Crippen LogP contribution < -0.4 is 5.32 Å². The van der Waals surface area contributed by atoms with Crippen molar-refractivity contribution in [3.8, 4) is 0 Å². The fourth-order valence-electron chi connectivity index (χ4n) is 3.09. The lowest BCUT2D eigenvalue weighted by molar-refractivity contribution is -0.139. The summed E-state index contributed by atoms with van der Waals surface area (Å²) in [6.45, 7) is 5.37. The zero-order valence-corrected chi connectivity index (χ0v) is 13.3. The molecule has 7 heteroatoms. The van der Waals surface area contributed by atoms with E-state index in [4.69, 9.17) is 0 Å². The molecule has 0 saturated carbocycles. The Labute approximate surface area is 131 Å². The molecular weight excluding hydrogens is 299 g/mol. The highest BCUT2D eigenvalue weighted by molar-refractivity contribution is 5.86. The van der Waals surface area contributed by atoms with Crippen molar-refractivity contribution < 1.29 is 4.79 Å². The molecule has 114 valence electrons. The van der Waals surface area contributed by atoms with Crippen LogP contribution >= 0.6 is 24.8 Å². The summed E-state index contributed by atoms with van der Waals surface area (Å²) in [5, 5.41) is 3.42. The van der Waals surface area contributed by atoms with E-state index in [9.17, 15) is 4.79 Å². The van der Waals surface area contributed by atoms with E-state index in [1.165, 1.54) is 0 Å². The Morgan fingerprint density at radius 2 is 2.25 bits per heavy atom. The molecule has 5 nitrogen and oxygen atoms in total. The molecule has 1 saturated heterocycles. The van der Waals surface area contributed by atoms with E-state index >= 15 is 0 Å². The van der Waals surface area contributed by atoms with Crippen molar-refractivity contribution in [1.29, 1.82) is 0 Å². The minimum atomic E-state index is -0.311. The topological polar surface area (TPSA) is 50.2 Å². The largest absolute Gasteiger partial charge is 0.332 e. The third-order valence-electron chi connectivity index (χ3n) is 4.29. The smallest absolute Gasteiger partial charge is 0.243 e. The van der Waals surface area contributed by atoms with Crippen LogP contribution in [0.5, 0.6) is 0 Å². The molecule has 20 heavy (non-hydrogen) atoms. The van der Waals surface area contributed by atoms with Gasteiger partial charge in [0.25, 0.3) is 0 Å². The SMILES string of the molecule is CCC1(C(=O)N2CCn3ccnc3C2)CCCN1.Cl.Cl. The highest BCUT2D eigenvalue weighted by Gasteiger charge is 2.42. The van der Waals surface area contributed by atoms with Gasteiger partial charge in [-0.2, -0.15) is 0 Å². The number of fused-ring (bicyclic) bond motifs is 1. The predicted octanol–water partition coefficient (Wildman–Crippen LogP) is 1.60. The minimum Gasteiger partial charge on any atom is -0.332 e. The van der Waals surface area contributed by atoms with Gasteiger partial charge in [-0.1, -0.05) is 6.92 Å². The van der Waals surface area contributed by atoms with E-state index in [1.54, 1.807) is 0 Å². The standard InChI is InChI=1S/C13H20N4O.2ClH/c1-2-13(4-3-5-15-13)12(18)17-9-8-16-7-6-14-11(16)10-17;;/h6-7,15H,2-5,8-10H2,1H3;2*1H. The predicted molar refractivity (Wildman–Crippen MR) is 82.4 cm³/mol. The fraction of sp³-hybridized carbons (Fsp3) is 0.692. The Hall–Kier alpha value is -0.780. The average molecular weight is 321 g/mol. The molecular formula is C13H22Cl2N4O. The molecule has 0 radical (unpaired) electrons. The van der Waals surface area contributed by atoms with Crippen LogP contribution in [0.25, 0.3) is 0 Å². The first-order valence-electron chi connectivity index (χ1n) is 6.79. The van der Waals surface area contributed by atoms with Crippen LogP contribution in [0.1, 0.15) is 32.0 Å². The van der Waals surface area contributed by atoms with Crippen LogP contribution in [0.4, 0.5) is 0 Å². The lowest BCUT2D eigenvalue weighted by Crippen LogP contribution is -2.55. The van der Waals surface area contributed by atoms with Gasteiger partial charge in [0.15, 0.2) is 0 Å². The summed E-state index contributed by atoms with van der Waals surface area (Å²) in [5.74, 6) is 1.26. The molecule has 2 aliphatic heterocycles. The molecule has 1 aromatic heterocycles. The Morgan fingerprint density at radius 1 is 1.45 bits per heavy atom. The Morgan fingerprint density at radius 3 is 2.90 bits per heavy atom. The quantitative estimate of drug-likeness (QED) is 0.900. The molecule has 1 N–H and O–H groups in total. The molecule has 1 aromatic rings. The Bertz CT molecular complexity index is 457. The van der Waals surface area contributed by atoms with E-state index in [0.29, 0.717) is 6.54 Å². The number of aromatic nitrogens is 2. The molecule has 1 amide bonds. The first-order chi connectivity index (χ1) is 8.75. The number of hydrogen-bond donors (Lipinski definition) is 1. The van der Waals surface area contributed by atoms with Crippen molar-refractivity contribution >= 4 is 30.7 Å². The van der Waals surface area contributed by atoms with Gasteiger partial charge in [-0.05, 0) is 25.8 Å². The highest BCUT2D eigenvalue weighted by atomic mass is 35.5. The number of amides is 1. The van der Waals surface area contributed by atoms with Crippen molar-refractivity contribution in [3.05, 3.63) is 18.2 Å². The number of carbonyl (C=O) groups excluding carboxylic acids is 1. The lowest BCUT2D eigenvalue weighted by atomic mass is 9.92. The molecule has 0 aliphatic carbocycles. The summed E-state index contributed by atoms with van der Waals surface area (Å²) in [4.78, 5) is 19.0. The first kappa shape index (κ1) is 17.3. The van der Waals surface area contributed by atoms with Crippen molar-refractivity contribution in [2.24, 2.45) is 0 Å². The number of halogens is 2. The first-order valence-corrected chi connectivity index (χ1v) is 6.79. The molecule has 0 bridgehead atoms. The zero-order chi connectivity index (χ0) is 12.6. The molecule has 1 fully saturated rings. The summed E-state index contributed by atoms with van der Waals surface area (Å²) < 4.78 is 2.13. The third kappa shape index (κ3) is 2.80. The number of nitrogens with one attached hydrogen (secondary N) is 1. The second kappa shape index (κ2) is 6.78. The van der Waals surface area contributed by atoms with Crippen LogP contribution in [0.15, 0.2) is 12.4 Å². The van der Waals surface area contributed by atoms with Gasteiger partial charge in [0.05, 0.1) is 12.1 Å². The maximum absolute atomic E-state index is 12.7. The maximum atomic E-state index is 12.7. The van der Waals surface area contributed by atoms with Crippen LogP contribution in [-0.4, -0.2) is 39.0 Å². The molecule has 3 heterocycles. The third-order valence-corrected chi connectivity index (χ3v) is 4.29. The van der Waals surface area contributed by atoms with E-state index in [0.717, 1.165) is 44.7 Å². The van der Waals surface area contributed by atoms with Gasteiger partial charge in [-0.15, -0.1) is 24.8 Å². The van der Waals surface area contributed by atoms with Crippen LogP contribution in [-0.2, 0) is 17.9 Å². The Balaban J connectivity index is 0.000001000. The minimum absolute atomic E-state index is 0. The number of nitrogens with zero attached hydrogens (tertiary/aromatic N) is 3. The second-order valence-corrected chi connectivity index (χ2v) is 5.23. The normalized spacial score (nSPS) is 24.6. The van der Waals surface area contributed by atoms with Crippen molar-refractivity contribution in [2.75, 3.05) is 13.1 Å². The van der Waals surface area contributed by atoms with Gasteiger partial charge in [-0.3, -0.25) is 4.79 Å². The number of rotatable bonds is 2. The van der Waals surface area contributed by atoms with Crippen molar-refractivity contribution in [2.45, 2.75) is 44.8 Å². The van der Waals surface area contributed by atoms with Crippen LogP contribution in [0.3, 0.4) is 0 Å². The molecule has 2 aliphatic rings. The van der Waals surface area contributed by atoms with Gasteiger partial charge >= 0.3 is 0 Å². The van der Waals surface area contributed by atoms with Crippen LogP contribution in [0.2, 0.25) is 0 Å². The van der Waals surface area contributed by atoms with Crippen molar-refractivity contribution in [3.63, 3.8) is 0 Å². The van der Waals surface area contributed by atoms with Crippen molar-refractivity contribution in [1.82, 2.24) is 19.8 Å². The summed E-state index contributed by atoms with van der Waals surface area (Å²) in [5.41, 5.74) is -0.311. The summed E-state index contributed by atoms with van der Waals surface area (Å²) >= 11 is 0. The van der Waals surface area contributed by atoms with Gasteiger partial charge in [0.1, 0.15) is 5.82 Å². The van der Waals surface area contributed by atoms with Crippen LogP contribution in [0, 0.1) is 0 Å². The molecule has 1 atom stereocenters. The van der Waals surface area contributed by atoms with Gasteiger partial charge < -0.3 is 14.8 Å². The molecule has 3 rings (SSSR count). The van der Waals surface area contributed by atoms with Gasteiger partial charge in [-0.25, -0.2) is 4.98 Å². The summed E-state index contributed by atoms with van der Waals surface area (Å²) in [6, 6.07) is 0. The monoisotopic (exact) mass is 320 g/mol. The maximum Gasteiger partial charge on any atom is 0.243 e. The van der Waals surface area contributed by atoms with Gasteiger partial charge in [0, 0.05) is 25.5 Å². The number of imidazole rings is 1. The number of carbonyl (C=O) groups is 1. The molecule has 0 aromatic carbocycles. The fourth-order valence-corrected chi connectivity index (χ4v) is 3.09. The second-order valence-electron chi connectivity index (χ2n) is 5.23. The number of hydrogen-bond acceptors (Lipinski definition) is 3. The van der Waals surface area contributed by atoms with E-state index in [1.807, 2.05) is 17.3 Å². The van der Waals surface area contributed by atoms with Gasteiger partial charge in [0.2, 0.25) is 5.91 Å². The summed E-state index contributed by atoms with van der Waals surface area (Å²) in [6.07, 6.45) is 6.74. The summed E-state index contributed by atoms with van der Waals surface area (Å²) in [7, 11) is 0.